The van der Waals surface area contributed by atoms with Crippen LogP contribution < -0.4 is 5.73 Å². The van der Waals surface area contributed by atoms with E-state index in [-0.39, 0.29) is 11.9 Å². The average molecular weight is 376 g/mol. The number of piperazine rings is 1. The van der Waals surface area contributed by atoms with Crippen molar-refractivity contribution >= 4 is 12.6 Å². The number of likely N-dealkylation sites (tertiary alicyclic amines) is 1. The summed E-state index contributed by atoms with van der Waals surface area (Å²) in [4.78, 5) is 23.3. The highest BCUT2D eigenvalue weighted by Crippen LogP contribution is 2.22. The summed E-state index contributed by atoms with van der Waals surface area (Å²) in [5.41, 5.74) is 7.42. The second-order valence-corrected chi connectivity index (χ2v) is 7.65. The number of aliphatic imine (C=N–C) groups is 1. The lowest BCUT2D eigenvalue weighted by molar-refractivity contribution is -0.134. The lowest BCUT2D eigenvalue weighted by Crippen LogP contribution is -2.53. The fourth-order valence-corrected chi connectivity index (χ4v) is 4.15. The third-order valence-corrected chi connectivity index (χ3v) is 5.75. The Morgan fingerprint density at radius 2 is 1.81 bits per heavy atom. The first-order valence-electron chi connectivity index (χ1n) is 10.4. The van der Waals surface area contributed by atoms with Crippen molar-refractivity contribution in [2.45, 2.75) is 45.6 Å². The number of nitrogens with two attached hydrogens (primary N) is 1. The van der Waals surface area contributed by atoms with E-state index in [9.17, 15) is 4.79 Å². The summed E-state index contributed by atoms with van der Waals surface area (Å²) in [5.74, 6) is 0.709. The average Bonchev–Trinajstić information content (AvgIpc) is 2.70. The maximum atomic E-state index is 12.8. The molecule has 0 aliphatic carbocycles. The molecule has 0 radical (unpaired) electrons. The zero-order valence-corrected chi connectivity index (χ0v) is 17.1. The Morgan fingerprint density at radius 3 is 2.37 bits per heavy atom. The molecule has 0 aromatic heterocycles. The number of amides is 1. The number of carbonyl (C=O) groups excluding carboxylic acids is 1. The Hall–Kier alpha value is -1.66. The normalized spacial score (nSPS) is 21.7. The molecule has 2 saturated heterocycles. The van der Waals surface area contributed by atoms with Crippen LogP contribution in [0.5, 0.6) is 0 Å². The highest BCUT2D eigenvalue weighted by Gasteiger charge is 2.28. The Morgan fingerprint density at radius 1 is 1.19 bits per heavy atom. The first-order valence-corrected chi connectivity index (χ1v) is 10.4. The van der Waals surface area contributed by atoms with Gasteiger partial charge in [-0.25, -0.2) is 0 Å². The van der Waals surface area contributed by atoms with Crippen LogP contribution >= 0.6 is 0 Å². The topological polar surface area (TPSA) is 65.2 Å². The molecule has 0 spiro atoms. The van der Waals surface area contributed by atoms with Crippen LogP contribution in [0.1, 0.15) is 39.5 Å². The van der Waals surface area contributed by atoms with Gasteiger partial charge in [-0.1, -0.05) is 13.0 Å². The molecule has 2 fully saturated rings. The van der Waals surface area contributed by atoms with E-state index in [4.69, 9.17) is 5.73 Å². The molecule has 2 aliphatic heterocycles. The van der Waals surface area contributed by atoms with Crippen molar-refractivity contribution in [3.63, 3.8) is 0 Å². The van der Waals surface area contributed by atoms with Gasteiger partial charge in [0.1, 0.15) is 0 Å². The Kier molecular flexibility index (Phi) is 9.01. The van der Waals surface area contributed by atoms with Gasteiger partial charge in [0.15, 0.2) is 0 Å². The van der Waals surface area contributed by atoms with Gasteiger partial charge >= 0.3 is 0 Å². The molecule has 27 heavy (non-hydrogen) atoms. The zero-order chi connectivity index (χ0) is 19.6. The summed E-state index contributed by atoms with van der Waals surface area (Å²) in [7, 11) is 0. The van der Waals surface area contributed by atoms with E-state index in [2.05, 4.69) is 34.5 Å². The highest BCUT2D eigenvalue weighted by molar-refractivity contribution is 5.81. The third kappa shape index (κ3) is 6.47. The number of nitrogens with zero attached hydrogens (tertiary/aromatic N) is 4. The van der Waals surface area contributed by atoms with Gasteiger partial charge in [0.2, 0.25) is 5.91 Å². The van der Waals surface area contributed by atoms with E-state index in [1.165, 1.54) is 25.8 Å². The minimum Gasteiger partial charge on any atom is -0.368 e. The van der Waals surface area contributed by atoms with Crippen molar-refractivity contribution in [2.24, 2.45) is 16.6 Å². The molecule has 152 valence electrons. The van der Waals surface area contributed by atoms with Crippen molar-refractivity contribution in [1.82, 2.24) is 14.7 Å². The first kappa shape index (κ1) is 21.6. The molecular formula is C21H37N5O. The van der Waals surface area contributed by atoms with Crippen molar-refractivity contribution in [1.29, 1.82) is 0 Å². The Bertz CT molecular complexity index is 529. The molecular weight excluding hydrogens is 338 g/mol. The van der Waals surface area contributed by atoms with Gasteiger partial charge in [0, 0.05) is 38.1 Å². The molecule has 6 heteroatoms. The fraction of sp³-hybridized carbons (Fsp3) is 0.714. The molecule has 2 rings (SSSR count). The summed E-state index contributed by atoms with van der Waals surface area (Å²) in [5, 5.41) is 0. The maximum absolute atomic E-state index is 12.8. The minimum absolute atomic E-state index is 0.121. The van der Waals surface area contributed by atoms with Gasteiger partial charge in [-0.3, -0.25) is 9.79 Å². The predicted octanol–water partition coefficient (Wildman–Crippen LogP) is 2.09. The van der Waals surface area contributed by atoms with E-state index in [0.29, 0.717) is 5.92 Å². The quantitative estimate of drug-likeness (QED) is 0.521. The van der Waals surface area contributed by atoms with Crippen molar-refractivity contribution in [2.75, 3.05) is 45.8 Å². The van der Waals surface area contributed by atoms with Crippen LogP contribution in [0, 0.1) is 5.92 Å². The van der Waals surface area contributed by atoms with E-state index in [1.807, 2.05) is 17.9 Å². The van der Waals surface area contributed by atoms with E-state index < -0.39 is 0 Å². The number of rotatable bonds is 8. The van der Waals surface area contributed by atoms with Gasteiger partial charge in [-0.15, -0.1) is 0 Å². The van der Waals surface area contributed by atoms with E-state index in [0.717, 1.165) is 51.4 Å². The highest BCUT2D eigenvalue weighted by atomic mass is 16.2. The predicted molar refractivity (Wildman–Crippen MR) is 113 cm³/mol. The summed E-state index contributed by atoms with van der Waals surface area (Å²) >= 11 is 0. The number of allylic oxidation sites excluding steroid dienone is 2. The molecule has 0 unspecified atom stereocenters. The van der Waals surface area contributed by atoms with E-state index >= 15 is 0 Å². The Labute approximate surface area is 164 Å². The second-order valence-electron chi connectivity index (χ2n) is 7.65. The molecule has 0 aromatic rings. The molecule has 0 saturated carbocycles. The molecule has 0 aromatic carbocycles. The number of hydrogen-bond donors (Lipinski definition) is 1. The summed E-state index contributed by atoms with van der Waals surface area (Å²) in [6.07, 6.45) is 10.1. The van der Waals surface area contributed by atoms with E-state index in [1.54, 1.807) is 6.20 Å². The number of carbonyl (C=O) groups is 1. The number of hydrogen-bond acceptors (Lipinski definition) is 5. The molecule has 6 nitrogen and oxygen atoms in total. The summed E-state index contributed by atoms with van der Waals surface area (Å²) in [6.45, 7) is 14.3. The van der Waals surface area contributed by atoms with Gasteiger partial charge in [0.05, 0.1) is 6.04 Å². The van der Waals surface area contributed by atoms with Crippen molar-refractivity contribution in [3.05, 3.63) is 24.0 Å². The summed E-state index contributed by atoms with van der Waals surface area (Å²) < 4.78 is 0. The molecule has 1 atom stereocenters. The van der Waals surface area contributed by atoms with Crippen LogP contribution in [0.25, 0.3) is 0 Å². The molecule has 1 amide bonds. The lowest BCUT2D eigenvalue weighted by atomic mass is 9.90. The fourth-order valence-electron chi connectivity index (χ4n) is 4.15. The van der Waals surface area contributed by atoms with Crippen LogP contribution in [-0.2, 0) is 4.79 Å². The second kappa shape index (κ2) is 11.2. The van der Waals surface area contributed by atoms with Crippen LogP contribution in [-0.4, -0.2) is 79.2 Å². The molecule has 2 aliphatic rings. The van der Waals surface area contributed by atoms with Crippen molar-refractivity contribution in [3.8, 4) is 0 Å². The van der Waals surface area contributed by atoms with Crippen LogP contribution in [0.2, 0.25) is 0 Å². The first-order chi connectivity index (χ1) is 13.1. The standard InChI is InChI=1S/C21H37N5O/c1-4-10-24-11-7-18(8-12-24)17-20(22)21(27)26-15-13-25(14-16-26)19(5-2)6-9-23-3/h5-6,9,18,20H,3-4,7-8,10-17,22H2,1-2H3/b9-6-,19-5+/t20-/m0/s1. The summed E-state index contributed by atoms with van der Waals surface area (Å²) in [6, 6.07) is -0.356. The van der Waals surface area contributed by atoms with Gasteiger partial charge in [0.25, 0.3) is 0 Å². The molecule has 0 bridgehead atoms. The van der Waals surface area contributed by atoms with Crippen LogP contribution in [0.4, 0.5) is 0 Å². The van der Waals surface area contributed by atoms with Crippen molar-refractivity contribution < 1.29 is 4.79 Å². The zero-order valence-electron chi connectivity index (χ0n) is 17.1. The smallest absolute Gasteiger partial charge is 0.239 e. The van der Waals surface area contributed by atoms with Gasteiger partial charge < -0.3 is 20.4 Å². The minimum atomic E-state index is -0.356. The maximum Gasteiger partial charge on any atom is 0.239 e. The molecule has 2 heterocycles. The molecule has 2 N–H and O–H groups in total. The third-order valence-electron chi connectivity index (χ3n) is 5.75. The Balaban J connectivity index is 1.76. The monoisotopic (exact) mass is 375 g/mol. The SMILES string of the molecule is C=N/C=C\C(=C/C)N1CCN(C(=O)[C@@H](N)CC2CCN(CCC)CC2)CC1. The van der Waals surface area contributed by atoms with Gasteiger partial charge in [-0.2, -0.15) is 0 Å². The van der Waals surface area contributed by atoms with Gasteiger partial charge in [-0.05, 0) is 71.0 Å². The lowest BCUT2D eigenvalue weighted by Gasteiger charge is -2.38. The largest absolute Gasteiger partial charge is 0.368 e. The van der Waals surface area contributed by atoms with Crippen LogP contribution in [0.15, 0.2) is 29.0 Å². The number of piperidine rings is 1. The van der Waals surface area contributed by atoms with Crippen LogP contribution in [0.3, 0.4) is 0 Å².